The van der Waals surface area contributed by atoms with Crippen LogP contribution in [0.3, 0.4) is 0 Å². The van der Waals surface area contributed by atoms with Gasteiger partial charge in [0.25, 0.3) is 5.56 Å². The molecule has 0 radical (unpaired) electrons. The van der Waals surface area contributed by atoms with Gasteiger partial charge in [-0.15, -0.1) is 11.3 Å². The maximum atomic E-state index is 13.5. The second-order valence-corrected chi connectivity index (χ2v) is 10.2. The van der Waals surface area contributed by atoms with Gasteiger partial charge in [0.1, 0.15) is 10.5 Å². The number of hydrogen-bond acceptors (Lipinski definition) is 5. The Bertz CT molecular complexity index is 1780. The Morgan fingerprint density at radius 3 is 2.56 bits per heavy atom. The Morgan fingerprint density at radius 2 is 1.76 bits per heavy atom. The van der Waals surface area contributed by atoms with Crippen molar-refractivity contribution in [2.45, 2.75) is 24.8 Å². The summed E-state index contributed by atoms with van der Waals surface area (Å²) in [5.74, 6) is 0. The van der Waals surface area contributed by atoms with Gasteiger partial charge in [0.05, 0.1) is 29.2 Å². The summed E-state index contributed by atoms with van der Waals surface area (Å²) in [5.41, 5.74) is 4.81. The average molecular weight is 467 g/mol. The number of aryl methyl sites for hydroxylation is 2. The third-order valence-electron chi connectivity index (χ3n) is 7.21. The van der Waals surface area contributed by atoms with Crippen molar-refractivity contribution in [3.63, 3.8) is 0 Å². The van der Waals surface area contributed by atoms with E-state index in [0.29, 0.717) is 12.1 Å². The van der Waals surface area contributed by atoms with Crippen molar-refractivity contribution in [1.82, 2.24) is 29.1 Å². The highest BCUT2D eigenvalue weighted by atomic mass is 32.1. The third-order valence-corrected chi connectivity index (χ3v) is 8.50. The highest BCUT2D eigenvalue weighted by Gasteiger charge is 2.48. The van der Waals surface area contributed by atoms with Gasteiger partial charge in [-0.3, -0.25) is 9.48 Å². The van der Waals surface area contributed by atoms with Gasteiger partial charge in [0.2, 0.25) is 0 Å². The second-order valence-electron chi connectivity index (χ2n) is 9.17. The molecule has 0 aliphatic heterocycles. The van der Waals surface area contributed by atoms with Gasteiger partial charge in [-0.1, -0.05) is 42.5 Å². The molecule has 0 bridgehead atoms. The van der Waals surface area contributed by atoms with Crippen LogP contribution in [0.5, 0.6) is 0 Å². The number of aromatic nitrogens is 6. The molecule has 1 aliphatic rings. The number of thiazole rings is 1. The van der Waals surface area contributed by atoms with Gasteiger partial charge >= 0.3 is 0 Å². The first kappa shape index (κ1) is 19.7. The minimum atomic E-state index is -0.100. The number of fused-ring (bicyclic) bond motifs is 4. The van der Waals surface area contributed by atoms with Crippen LogP contribution in [0.2, 0.25) is 0 Å². The van der Waals surface area contributed by atoms with Crippen molar-refractivity contribution in [1.29, 1.82) is 0 Å². The van der Waals surface area contributed by atoms with Gasteiger partial charge in [0, 0.05) is 30.3 Å². The van der Waals surface area contributed by atoms with E-state index in [-0.39, 0.29) is 11.0 Å². The van der Waals surface area contributed by atoms with Crippen LogP contribution in [0.1, 0.15) is 29.0 Å². The first-order valence-electron chi connectivity index (χ1n) is 11.4. The molecule has 7 nitrogen and oxygen atoms in total. The molecule has 1 aliphatic carbocycles. The molecule has 8 heteroatoms. The zero-order chi connectivity index (χ0) is 23.0. The smallest absolute Gasteiger partial charge is 0.291 e. The standard InChI is InChI=1S/C26H22N6OS/c1-30-21-19(22-23(30)29-25(34-22)26(11-12-26)17-8-4-3-5-9-17)14-28-32(24(21)33)15-16-7-6-10-20-18(16)13-27-31(20)2/h3-10,13-14H,11-12,15H2,1-2H3. The van der Waals surface area contributed by atoms with Crippen LogP contribution in [0, 0.1) is 0 Å². The second kappa shape index (κ2) is 6.87. The van der Waals surface area contributed by atoms with E-state index in [1.165, 1.54) is 5.56 Å². The molecular weight excluding hydrogens is 444 g/mol. The molecule has 0 saturated heterocycles. The van der Waals surface area contributed by atoms with Crippen molar-refractivity contribution in [3.8, 4) is 0 Å². The van der Waals surface area contributed by atoms with Gasteiger partial charge in [0.15, 0.2) is 5.65 Å². The zero-order valence-corrected chi connectivity index (χ0v) is 19.7. The molecule has 7 rings (SSSR count). The molecule has 0 unspecified atom stereocenters. The lowest BCUT2D eigenvalue weighted by Crippen LogP contribution is -2.24. The van der Waals surface area contributed by atoms with Crippen LogP contribution in [0.25, 0.3) is 32.2 Å². The lowest BCUT2D eigenvalue weighted by atomic mass is 9.97. The van der Waals surface area contributed by atoms with E-state index < -0.39 is 0 Å². The summed E-state index contributed by atoms with van der Waals surface area (Å²) < 4.78 is 6.37. The lowest BCUT2D eigenvalue weighted by molar-refractivity contribution is 0.647. The number of nitrogens with zero attached hydrogens (tertiary/aromatic N) is 6. The largest absolute Gasteiger partial charge is 0.323 e. The minimum absolute atomic E-state index is 0.0160. The van der Waals surface area contributed by atoms with E-state index in [2.05, 4.69) is 40.5 Å². The predicted molar refractivity (Wildman–Crippen MR) is 134 cm³/mol. The Balaban J connectivity index is 1.34. The first-order chi connectivity index (χ1) is 16.6. The normalized spacial score (nSPS) is 15.0. The summed E-state index contributed by atoms with van der Waals surface area (Å²) in [5, 5.41) is 12.0. The molecular formula is C26H22N6OS. The van der Waals surface area contributed by atoms with Gasteiger partial charge < -0.3 is 4.57 Å². The third kappa shape index (κ3) is 2.63. The molecule has 34 heavy (non-hydrogen) atoms. The predicted octanol–water partition coefficient (Wildman–Crippen LogP) is 4.36. The van der Waals surface area contributed by atoms with Gasteiger partial charge in [-0.25, -0.2) is 9.67 Å². The minimum Gasteiger partial charge on any atom is -0.323 e. The zero-order valence-electron chi connectivity index (χ0n) is 18.9. The Morgan fingerprint density at radius 1 is 0.971 bits per heavy atom. The van der Waals surface area contributed by atoms with Crippen LogP contribution in [-0.2, 0) is 26.1 Å². The summed E-state index contributed by atoms with van der Waals surface area (Å²) in [6.45, 7) is 0.395. The molecule has 0 spiro atoms. The van der Waals surface area contributed by atoms with Crippen molar-refractivity contribution < 1.29 is 0 Å². The molecule has 2 aromatic carbocycles. The maximum Gasteiger partial charge on any atom is 0.291 e. The number of hydrogen-bond donors (Lipinski definition) is 0. The van der Waals surface area contributed by atoms with E-state index in [4.69, 9.17) is 4.98 Å². The number of rotatable bonds is 4. The van der Waals surface area contributed by atoms with Crippen LogP contribution < -0.4 is 5.56 Å². The fraction of sp³-hybridized carbons (Fsp3) is 0.231. The summed E-state index contributed by atoms with van der Waals surface area (Å²) in [4.78, 5) is 18.6. The van der Waals surface area contributed by atoms with Crippen LogP contribution in [0.4, 0.5) is 0 Å². The van der Waals surface area contributed by atoms with Crippen molar-refractivity contribution >= 4 is 43.5 Å². The van der Waals surface area contributed by atoms with E-state index in [1.807, 2.05) is 53.9 Å². The summed E-state index contributed by atoms with van der Waals surface area (Å²) in [7, 11) is 3.86. The highest BCUT2D eigenvalue weighted by Crippen LogP contribution is 2.55. The topological polar surface area (TPSA) is 70.5 Å². The first-order valence-corrected chi connectivity index (χ1v) is 12.2. The van der Waals surface area contributed by atoms with Crippen molar-refractivity contribution in [3.05, 3.63) is 87.4 Å². The average Bonchev–Trinajstić information content (AvgIpc) is 3.28. The molecule has 0 N–H and O–H groups in total. The molecule has 1 fully saturated rings. The molecule has 0 amide bonds. The van der Waals surface area contributed by atoms with E-state index >= 15 is 0 Å². The fourth-order valence-corrected chi connectivity index (χ4v) is 6.53. The maximum absolute atomic E-state index is 13.5. The van der Waals surface area contributed by atoms with Crippen molar-refractivity contribution in [2.75, 3.05) is 0 Å². The van der Waals surface area contributed by atoms with Crippen LogP contribution in [0.15, 0.2) is 65.7 Å². The highest BCUT2D eigenvalue weighted by molar-refractivity contribution is 7.19. The van der Waals surface area contributed by atoms with Gasteiger partial charge in [-0.05, 0) is 30.0 Å². The number of benzene rings is 2. The monoisotopic (exact) mass is 466 g/mol. The van der Waals surface area contributed by atoms with E-state index in [0.717, 1.165) is 50.0 Å². The Labute approximate surface area is 198 Å². The Hall–Kier alpha value is -3.78. The molecule has 0 atom stereocenters. The SMILES string of the molecule is Cn1ncc2c(Cn3ncc4c5sc(C6(c7ccccc7)CC6)nc5n(C)c4c3=O)cccc21. The quantitative estimate of drug-likeness (QED) is 0.387. The summed E-state index contributed by atoms with van der Waals surface area (Å²) >= 11 is 1.70. The molecule has 168 valence electrons. The van der Waals surface area contributed by atoms with E-state index in [1.54, 1.807) is 16.0 Å². The Kier molecular flexibility index (Phi) is 3.97. The summed E-state index contributed by atoms with van der Waals surface area (Å²) in [6, 6.07) is 16.7. The van der Waals surface area contributed by atoms with E-state index in [9.17, 15) is 4.79 Å². The molecule has 1 saturated carbocycles. The molecule has 6 aromatic rings. The summed E-state index contributed by atoms with van der Waals surface area (Å²) in [6.07, 6.45) is 5.89. The molecule has 4 heterocycles. The van der Waals surface area contributed by atoms with Crippen LogP contribution in [-0.4, -0.2) is 29.1 Å². The van der Waals surface area contributed by atoms with Gasteiger partial charge in [-0.2, -0.15) is 10.2 Å². The fourth-order valence-electron chi connectivity index (χ4n) is 5.15. The van der Waals surface area contributed by atoms with Crippen molar-refractivity contribution in [2.24, 2.45) is 14.1 Å². The van der Waals surface area contributed by atoms with Crippen LogP contribution >= 0.6 is 11.3 Å². The molecule has 4 aromatic heterocycles. The lowest BCUT2D eigenvalue weighted by Gasteiger charge is -2.12.